The van der Waals surface area contributed by atoms with Crippen LogP contribution in [0.25, 0.3) is 0 Å². The molecule has 0 aliphatic rings. The van der Waals surface area contributed by atoms with Crippen molar-refractivity contribution >= 4 is 40.7 Å². The molecule has 1 N–H and O–H groups in total. The number of aromatic nitrogens is 2. The molecule has 1 heterocycles. The third-order valence-corrected chi connectivity index (χ3v) is 4.07. The molecule has 124 valence electrons. The zero-order chi connectivity index (χ0) is 16.8. The van der Waals surface area contributed by atoms with Gasteiger partial charge in [-0.2, -0.15) is 4.98 Å². The first-order chi connectivity index (χ1) is 11.0. The Hall–Kier alpha value is -1.52. The molecular weight excluding hydrogens is 331 g/mol. The van der Waals surface area contributed by atoms with Gasteiger partial charge < -0.3 is 10.2 Å². The van der Waals surface area contributed by atoms with E-state index >= 15 is 0 Å². The number of anilines is 3. The summed E-state index contributed by atoms with van der Waals surface area (Å²) < 4.78 is 0. The van der Waals surface area contributed by atoms with Crippen molar-refractivity contribution in [3.8, 4) is 0 Å². The zero-order valence-electron chi connectivity index (χ0n) is 13.7. The minimum absolute atomic E-state index is 0.503. The normalized spacial score (nSPS) is 10.7. The molecule has 0 atom stereocenters. The second-order valence-corrected chi connectivity index (χ2v) is 6.25. The molecule has 0 fully saturated rings. The van der Waals surface area contributed by atoms with E-state index in [0.29, 0.717) is 16.0 Å². The van der Waals surface area contributed by atoms with Crippen LogP contribution in [0, 0.1) is 6.92 Å². The Morgan fingerprint density at radius 2 is 1.70 bits per heavy atom. The van der Waals surface area contributed by atoms with Crippen LogP contribution in [0.15, 0.2) is 24.3 Å². The van der Waals surface area contributed by atoms with E-state index in [4.69, 9.17) is 23.2 Å². The van der Waals surface area contributed by atoms with Gasteiger partial charge in [-0.1, -0.05) is 37.0 Å². The van der Waals surface area contributed by atoms with Crippen LogP contribution < -0.4 is 10.2 Å². The Kier molecular flexibility index (Phi) is 6.48. The van der Waals surface area contributed by atoms with Crippen molar-refractivity contribution in [1.82, 2.24) is 9.97 Å². The maximum atomic E-state index is 6.05. The predicted octanol–water partition coefficient (Wildman–Crippen LogP) is 5.46. The highest BCUT2D eigenvalue weighted by molar-refractivity contribution is 6.42. The Morgan fingerprint density at radius 1 is 1.00 bits per heavy atom. The fourth-order valence-electron chi connectivity index (χ4n) is 2.35. The second-order valence-electron chi connectivity index (χ2n) is 5.43. The highest BCUT2D eigenvalue weighted by atomic mass is 35.5. The summed E-state index contributed by atoms with van der Waals surface area (Å²) in [6, 6.07) is 7.40. The van der Waals surface area contributed by atoms with E-state index in [9.17, 15) is 0 Å². The second kappa shape index (κ2) is 8.37. The lowest BCUT2D eigenvalue weighted by Gasteiger charge is -2.23. The van der Waals surface area contributed by atoms with Gasteiger partial charge in [0.05, 0.1) is 10.0 Å². The van der Waals surface area contributed by atoms with Gasteiger partial charge in [0.15, 0.2) is 0 Å². The molecule has 0 bridgehead atoms. The van der Waals surface area contributed by atoms with Gasteiger partial charge in [-0.05, 0) is 38.0 Å². The summed E-state index contributed by atoms with van der Waals surface area (Å²) in [5.74, 6) is 1.51. The van der Waals surface area contributed by atoms with Crippen LogP contribution in [0.1, 0.15) is 32.4 Å². The van der Waals surface area contributed by atoms with Gasteiger partial charge in [-0.3, -0.25) is 0 Å². The SMILES string of the molecule is CCCN(CCC)c1cc(C)nc(Nc2ccc(Cl)c(Cl)c2)n1. The monoisotopic (exact) mass is 352 g/mol. The number of halogens is 2. The Bertz CT molecular complexity index is 655. The summed E-state index contributed by atoms with van der Waals surface area (Å²) in [6.45, 7) is 8.28. The van der Waals surface area contributed by atoms with Crippen LogP contribution in [-0.4, -0.2) is 23.1 Å². The smallest absolute Gasteiger partial charge is 0.229 e. The molecule has 0 amide bonds. The highest BCUT2D eigenvalue weighted by Gasteiger charge is 2.10. The molecule has 1 aromatic heterocycles. The molecule has 0 saturated carbocycles. The van der Waals surface area contributed by atoms with Crippen molar-refractivity contribution in [2.45, 2.75) is 33.6 Å². The Morgan fingerprint density at radius 3 is 2.30 bits per heavy atom. The number of benzene rings is 1. The molecule has 0 unspecified atom stereocenters. The summed E-state index contributed by atoms with van der Waals surface area (Å²) in [7, 11) is 0. The third-order valence-electron chi connectivity index (χ3n) is 3.33. The van der Waals surface area contributed by atoms with E-state index in [1.807, 2.05) is 19.1 Å². The molecule has 6 heteroatoms. The molecule has 23 heavy (non-hydrogen) atoms. The van der Waals surface area contributed by atoms with Gasteiger partial charge >= 0.3 is 0 Å². The number of nitrogens with one attached hydrogen (secondary N) is 1. The summed E-state index contributed by atoms with van der Waals surface area (Å²) in [6.07, 6.45) is 2.16. The Balaban J connectivity index is 2.26. The fourth-order valence-corrected chi connectivity index (χ4v) is 2.65. The van der Waals surface area contributed by atoms with Crippen LogP contribution in [-0.2, 0) is 0 Å². The number of hydrogen-bond acceptors (Lipinski definition) is 4. The van der Waals surface area contributed by atoms with Crippen LogP contribution in [0.5, 0.6) is 0 Å². The third kappa shape index (κ3) is 4.98. The molecule has 0 spiro atoms. The lowest BCUT2D eigenvalue weighted by Crippen LogP contribution is -2.26. The summed E-state index contributed by atoms with van der Waals surface area (Å²) >= 11 is 12.0. The minimum Gasteiger partial charge on any atom is -0.356 e. The number of nitrogens with zero attached hydrogens (tertiary/aromatic N) is 3. The van der Waals surface area contributed by atoms with Crippen molar-refractivity contribution < 1.29 is 0 Å². The summed E-state index contributed by atoms with van der Waals surface area (Å²) in [5, 5.41) is 4.23. The average molecular weight is 353 g/mol. The van der Waals surface area contributed by atoms with Gasteiger partial charge in [0, 0.05) is 30.5 Å². The van der Waals surface area contributed by atoms with Crippen molar-refractivity contribution in [3.63, 3.8) is 0 Å². The van der Waals surface area contributed by atoms with Crippen molar-refractivity contribution in [2.24, 2.45) is 0 Å². The molecule has 2 aromatic rings. The van der Waals surface area contributed by atoms with Gasteiger partial charge in [-0.25, -0.2) is 4.98 Å². The topological polar surface area (TPSA) is 41.1 Å². The molecule has 0 radical (unpaired) electrons. The number of aryl methyl sites for hydroxylation is 1. The first-order valence-corrected chi connectivity index (χ1v) is 8.61. The van der Waals surface area contributed by atoms with E-state index < -0.39 is 0 Å². The zero-order valence-corrected chi connectivity index (χ0v) is 15.2. The van der Waals surface area contributed by atoms with Crippen LogP contribution >= 0.6 is 23.2 Å². The van der Waals surface area contributed by atoms with E-state index in [1.165, 1.54) is 0 Å². The molecule has 4 nitrogen and oxygen atoms in total. The summed E-state index contributed by atoms with van der Waals surface area (Å²) in [5.41, 5.74) is 1.74. The van der Waals surface area contributed by atoms with Gasteiger partial charge in [-0.15, -0.1) is 0 Å². The molecular formula is C17H22Cl2N4. The van der Waals surface area contributed by atoms with Crippen molar-refractivity contribution in [1.29, 1.82) is 0 Å². The van der Waals surface area contributed by atoms with Gasteiger partial charge in [0.2, 0.25) is 5.95 Å². The van der Waals surface area contributed by atoms with Gasteiger partial charge in [0.1, 0.15) is 5.82 Å². The van der Waals surface area contributed by atoms with Crippen LogP contribution in [0.3, 0.4) is 0 Å². The average Bonchev–Trinajstić information content (AvgIpc) is 2.50. The predicted molar refractivity (Wildman–Crippen MR) is 99.3 cm³/mol. The van der Waals surface area contributed by atoms with E-state index in [2.05, 4.69) is 34.0 Å². The first-order valence-electron chi connectivity index (χ1n) is 7.86. The molecule has 0 saturated heterocycles. The first kappa shape index (κ1) is 17.8. The summed E-state index contributed by atoms with van der Waals surface area (Å²) in [4.78, 5) is 11.4. The largest absolute Gasteiger partial charge is 0.356 e. The Labute approximate surface area is 147 Å². The van der Waals surface area contributed by atoms with Crippen molar-refractivity contribution in [3.05, 3.63) is 40.0 Å². The molecule has 1 aromatic carbocycles. The molecule has 0 aliphatic carbocycles. The van der Waals surface area contributed by atoms with Crippen LogP contribution in [0.4, 0.5) is 17.5 Å². The molecule has 0 aliphatic heterocycles. The van der Waals surface area contributed by atoms with Crippen molar-refractivity contribution in [2.75, 3.05) is 23.3 Å². The fraction of sp³-hybridized carbons (Fsp3) is 0.412. The number of rotatable bonds is 7. The van der Waals surface area contributed by atoms with Gasteiger partial charge in [0.25, 0.3) is 0 Å². The van der Waals surface area contributed by atoms with Crippen LogP contribution in [0.2, 0.25) is 10.0 Å². The van der Waals surface area contributed by atoms with E-state index in [1.54, 1.807) is 12.1 Å². The lowest BCUT2D eigenvalue weighted by molar-refractivity contribution is 0.732. The molecule has 2 rings (SSSR count). The maximum absolute atomic E-state index is 6.05. The quantitative estimate of drug-likeness (QED) is 0.717. The minimum atomic E-state index is 0.503. The lowest BCUT2D eigenvalue weighted by atomic mass is 10.3. The standard InChI is InChI=1S/C17H22Cl2N4/c1-4-8-23(9-5-2)16-10-12(3)20-17(22-16)21-13-6-7-14(18)15(19)11-13/h6-7,10-11H,4-5,8-9H2,1-3H3,(H,20,21,22). The number of hydrogen-bond donors (Lipinski definition) is 1. The maximum Gasteiger partial charge on any atom is 0.229 e. The van der Waals surface area contributed by atoms with E-state index in [0.717, 1.165) is 43.1 Å². The highest BCUT2D eigenvalue weighted by Crippen LogP contribution is 2.26. The van der Waals surface area contributed by atoms with E-state index in [-0.39, 0.29) is 0 Å².